The maximum absolute atomic E-state index is 13.5. The Morgan fingerprint density at radius 3 is 3.00 bits per heavy atom. The van der Waals surface area contributed by atoms with E-state index in [1.54, 1.807) is 6.92 Å². The normalized spacial score (nSPS) is 18.2. The van der Waals surface area contributed by atoms with E-state index < -0.39 is 23.5 Å². The number of carbonyl (C=O) groups excluding carboxylic acids is 1. The molecule has 1 N–H and O–H groups in total. The van der Waals surface area contributed by atoms with Crippen LogP contribution in [0.4, 0.5) is 4.39 Å². The lowest BCUT2D eigenvalue weighted by Crippen LogP contribution is -2.43. The smallest absolute Gasteiger partial charge is 0.258 e. The highest BCUT2D eigenvalue weighted by Gasteiger charge is 2.34. The van der Waals surface area contributed by atoms with Crippen molar-refractivity contribution in [3.63, 3.8) is 0 Å². The number of morpholine rings is 1. The number of hydrogen-bond acceptors (Lipinski definition) is 6. The van der Waals surface area contributed by atoms with Gasteiger partial charge in [0.1, 0.15) is 17.6 Å². The number of aromatic hydroxyl groups is 1. The Morgan fingerprint density at radius 1 is 1.52 bits per heavy atom. The van der Waals surface area contributed by atoms with Gasteiger partial charge in [-0.25, -0.2) is 4.39 Å². The summed E-state index contributed by atoms with van der Waals surface area (Å²) in [6.07, 6.45) is 0. The molecule has 0 saturated carbocycles. The van der Waals surface area contributed by atoms with Crippen molar-refractivity contribution < 1.29 is 23.6 Å². The minimum absolute atomic E-state index is 0.164. The van der Waals surface area contributed by atoms with Gasteiger partial charge in [-0.15, -0.1) is 0 Å². The van der Waals surface area contributed by atoms with Crippen molar-refractivity contribution >= 4 is 17.5 Å². The third kappa shape index (κ3) is 2.99. The summed E-state index contributed by atoms with van der Waals surface area (Å²) in [4.78, 5) is 18.2. The lowest BCUT2D eigenvalue weighted by atomic mass is 10.1. The second kappa shape index (κ2) is 6.13. The first-order valence-electron chi connectivity index (χ1n) is 6.84. The van der Waals surface area contributed by atoms with Crippen molar-refractivity contribution in [2.45, 2.75) is 13.0 Å². The van der Waals surface area contributed by atoms with E-state index in [-0.39, 0.29) is 29.6 Å². The first-order valence-corrected chi connectivity index (χ1v) is 7.22. The quantitative estimate of drug-likeness (QED) is 0.899. The third-order valence-corrected chi connectivity index (χ3v) is 3.76. The first-order chi connectivity index (χ1) is 11.0. The largest absolute Gasteiger partial charge is 0.506 e. The molecular weight excluding hydrogens is 329 g/mol. The summed E-state index contributed by atoms with van der Waals surface area (Å²) in [5.74, 6) is -1.13. The fraction of sp³-hybridized carbons (Fsp3) is 0.357. The molecule has 1 fully saturated rings. The highest BCUT2D eigenvalue weighted by atomic mass is 35.5. The Bertz CT molecular complexity index is 752. The molecule has 23 heavy (non-hydrogen) atoms. The number of benzene rings is 1. The minimum Gasteiger partial charge on any atom is -0.506 e. The van der Waals surface area contributed by atoms with E-state index in [9.17, 15) is 14.3 Å². The van der Waals surface area contributed by atoms with E-state index in [4.69, 9.17) is 20.9 Å². The van der Waals surface area contributed by atoms with E-state index >= 15 is 0 Å². The van der Waals surface area contributed by atoms with Crippen molar-refractivity contribution in [2.24, 2.45) is 0 Å². The highest BCUT2D eigenvalue weighted by Crippen LogP contribution is 2.32. The average molecular weight is 342 g/mol. The van der Waals surface area contributed by atoms with Gasteiger partial charge in [-0.1, -0.05) is 16.8 Å². The second-order valence-electron chi connectivity index (χ2n) is 5.05. The van der Waals surface area contributed by atoms with E-state index in [2.05, 4.69) is 10.1 Å². The highest BCUT2D eigenvalue weighted by molar-refractivity contribution is 6.32. The number of ether oxygens (including phenoxy) is 1. The zero-order valence-electron chi connectivity index (χ0n) is 12.1. The van der Waals surface area contributed by atoms with E-state index in [1.807, 2.05) is 0 Å². The fourth-order valence-electron chi connectivity index (χ4n) is 2.38. The molecule has 1 amide bonds. The van der Waals surface area contributed by atoms with Gasteiger partial charge in [-0.3, -0.25) is 4.79 Å². The van der Waals surface area contributed by atoms with Gasteiger partial charge in [-0.2, -0.15) is 4.98 Å². The summed E-state index contributed by atoms with van der Waals surface area (Å²) in [7, 11) is 0. The Kier molecular flexibility index (Phi) is 4.18. The van der Waals surface area contributed by atoms with Crippen LogP contribution in [0.2, 0.25) is 5.02 Å². The predicted molar refractivity (Wildman–Crippen MR) is 76.7 cm³/mol. The number of halogens is 2. The monoisotopic (exact) mass is 341 g/mol. The van der Waals surface area contributed by atoms with Gasteiger partial charge in [0.15, 0.2) is 5.82 Å². The first kappa shape index (κ1) is 15.7. The molecule has 0 radical (unpaired) electrons. The number of aromatic nitrogens is 2. The Labute approximate surface area is 135 Å². The molecule has 122 valence electrons. The van der Waals surface area contributed by atoms with Crippen molar-refractivity contribution in [2.75, 3.05) is 19.8 Å². The van der Waals surface area contributed by atoms with Gasteiger partial charge < -0.3 is 19.3 Å². The van der Waals surface area contributed by atoms with Crippen LogP contribution in [0, 0.1) is 12.7 Å². The number of rotatable bonds is 2. The number of nitrogens with zero attached hydrogens (tertiary/aromatic N) is 3. The molecule has 0 bridgehead atoms. The van der Waals surface area contributed by atoms with Crippen molar-refractivity contribution in [1.29, 1.82) is 0 Å². The standard InChI is InChI=1S/C14H13ClFN3O4/c1-7-17-13(23-18-7)11-6-22-3-2-19(11)14(21)9-4-8(16)5-10(15)12(9)20/h4-5,11,20H,2-3,6H2,1H3/t11-/m0/s1. The maximum atomic E-state index is 13.5. The van der Waals surface area contributed by atoms with Crippen LogP contribution in [0.3, 0.4) is 0 Å². The summed E-state index contributed by atoms with van der Waals surface area (Å²) >= 11 is 5.73. The second-order valence-corrected chi connectivity index (χ2v) is 5.46. The molecule has 3 rings (SSSR count). The van der Waals surface area contributed by atoms with Crippen LogP contribution in [0.1, 0.15) is 28.1 Å². The molecule has 2 aromatic rings. The number of carbonyl (C=O) groups is 1. The number of amides is 1. The van der Waals surface area contributed by atoms with Crippen LogP contribution in [0.5, 0.6) is 5.75 Å². The van der Waals surface area contributed by atoms with Gasteiger partial charge in [0.2, 0.25) is 0 Å². The summed E-state index contributed by atoms with van der Waals surface area (Å²) in [5, 5.41) is 13.4. The number of hydrogen-bond donors (Lipinski definition) is 1. The van der Waals surface area contributed by atoms with Crippen LogP contribution >= 0.6 is 11.6 Å². The van der Waals surface area contributed by atoms with Gasteiger partial charge in [0.25, 0.3) is 11.8 Å². The molecule has 9 heteroatoms. The average Bonchev–Trinajstić information content (AvgIpc) is 2.96. The molecule has 0 spiro atoms. The maximum Gasteiger partial charge on any atom is 0.258 e. The lowest BCUT2D eigenvalue weighted by molar-refractivity contribution is -0.0120. The van der Waals surface area contributed by atoms with Crippen molar-refractivity contribution in [3.8, 4) is 5.75 Å². The molecule has 1 saturated heterocycles. The molecule has 1 aliphatic rings. The van der Waals surface area contributed by atoms with Gasteiger partial charge in [0.05, 0.1) is 23.8 Å². The minimum atomic E-state index is -0.713. The third-order valence-electron chi connectivity index (χ3n) is 3.48. The molecule has 7 nitrogen and oxygen atoms in total. The van der Waals surface area contributed by atoms with Crippen LogP contribution < -0.4 is 0 Å². The number of phenols is 1. The summed E-state index contributed by atoms with van der Waals surface area (Å²) in [6.45, 7) is 2.36. The number of phenolic OH excluding ortho intramolecular Hbond substituents is 1. The molecule has 0 unspecified atom stereocenters. The molecular formula is C14H13ClFN3O4. The zero-order valence-corrected chi connectivity index (χ0v) is 12.9. The van der Waals surface area contributed by atoms with Gasteiger partial charge >= 0.3 is 0 Å². The summed E-state index contributed by atoms with van der Waals surface area (Å²) in [5.41, 5.74) is -0.224. The van der Waals surface area contributed by atoms with Crippen molar-refractivity contribution in [3.05, 3.63) is 40.3 Å². The van der Waals surface area contributed by atoms with E-state index in [0.29, 0.717) is 12.4 Å². The lowest BCUT2D eigenvalue weighted by Gasteiger charge is -2.33. The fourth-order valence-corrected chi connectivity index (χ4v) is 2.59. The van der Waals surface area contributed by atoms with Crippen LogP contribution in [-0.4, -0.2) is 45.8 Å². The Morgan fingerprint density at radius 2 is 2.30 bits per heavy atom. The zero-order chi connectivity index (χ0) is 16.6. The molecule has 1 atom stereocenters. The Balaban J connectivity index is 1.96. The van der Waals surface area contributed by atoms with Crippen LogP contribution in [0.15, 0.2) is 16.7 Å². The van der Waals surface area contributed by atoms with Gasteiger partial charge in [-0.05, 0) is 19.1 Å². The van der Waals surface area contributed by atoms with Gasteiger partial charge in [0, 0.05) is 6.54 Å². The Hall–Kier alpha value is -2.19. The van der Waals surface area contributed by atoms with Crippen molar-refractivity contribution in [1.82, 2.24) is 15.0 Å². The number of aryl methyl sites for hydroxylation is 1. The van der Waals surface area contributed by atoms with Crippen LogP contribution in [-0.2, 0) is 4.74 Å². The molecule has 0 aliphatic carbocycles. The SMILES string of the molecule is Cc1noc([C@@H]2COCCN2C(=O)c2cc(F)cc(Cl)c2O)n1. The molecule has 1 aromatic carbocycles. The van der Waals surface area contributed by atoms with E-state index in [0.717, 1.165) is 12.1 Å². The topological polar surface area (TPSA) is 88.7 Å². The molecule has 1 aliphatic heterocycles. The van der Waals surface area contributed by atoms with Crippen LogP contribution in [0.25, 0.3) is 0 Å². The molecule has 1 aromatic heterocycles. The predicted octanol–water partition coefficient (Wildman–Crippen LogP) is 2.09. The summed E-state index contributed by atoms with van der Waals surface area (Å²) < 4.78 is 24.0. The van der Waals surface area contributed by atoms with E-state index in [1.165, 1.54) is 4.90 Å². The molecule has 2 heterocycles. The summed E-state index contributed by atoms with van der Waals surface area (Å²) in [6, 6.07) is 1.26.